The minimum Gasteiger partial charge on any atom is -0.497 e. The Morgan fingerprint density at radius 2 is 1.48 bits per heavy atom. The largest absolute Gasteiger partial charge is 0.497 e. The molecule has 1 aliphatic rings. The first-order valence-electron chi connectivity index (χ1n) is 8.87. The zero-order valence-electron chi connectivity index (χ0n) is 15.7. The van der Waals surface area contributed by atoms with Crippen molar-refractivity contribution in [2.24, 2.45) is 0 Å². The fraction of sp³-hybridized carbons (Fsp3) is 0.429. The van der Waals surface area contributed by atoms with Crippen LogP contribution in [0.15, 0.2) is 36.4 Å². The lowest BCUT2D eigenvalue weighted by Gasteiger charge is -2.36. The van der Waals surface area contributed by atoms with E-state index in [0.29, 0.717) is 0 Å². The standard InChI is InChI=1S/C21H28N2O2/c1-16-17(2)21(25-4)10-5-18(16)15-22-11-13-23(14-12-22)19-6-8-20(24-3)9-7-19/h5-10H,11-15H2,1-4H3. The molecule has 134 valence electrons. The minimum absolute atomic E-state index is 0.910. The normalized spacial score (nSPS) is 15.3. The molecule has 0 aromatic heterocycles. The maximum Gasteiger partial charge on any atom is 0.122 e. The second kappa shape index (κ2) is 7.79. The minimum atomic E-state index is 0.910. The molecule has 4 nitrogen and oxygen atoms in total. The van der Waals surface area contributed by atoms with Gasteiger partial charge >= 0.3 is 0 Å². The summed E-state index contributed by atoms with van der Waals surface area (Å²) >= 11 is 0. The number of methoxy groups -OCH3 is 2. The van der Waals surface area contributed by atoms with E-state index in [-0.39, 0.29) is 0 Å². The lowest BCUT2D eigenvalue weighted by Crippen LogP contribution is -2.46. The van der Waals surface area contributed by atoms with Crippen molar-refractivity contribution in [1.82, 2.24) is 4.90 Å². The van der Waals surface area contributed by atoms with Gasteiger partial charge in [-0.25, -0.2) is 0 Å². The highest BCUT2D eigenvalue weighted by atomic mass is 16.5. The summed E-state index contributed by atoms with van der Waals surface area (Å²) in [5.74, 6) is 1.89. The van der Waals surface area contributed by atoms with Crippen LogP contribution in [0.25, 0.3) is 0 Å². The van der Waals surface area contributed by atoms with E-state index in [9.17, 15) is 0 Å². The molecule has 2 aromatic rings. The number of nitrogens with zero attached hydrogens (tertiary/aromatic N) is 2. The molecule has 3 rings (SSSR count). The van der Waals surface area contributed by atoms with Crippen LogP contribution in [-0.2, 0) is 6.54 Å². The molecule has 0 saturated carbocycles. The van der Waals surface area contributed by atoms with E-state index < -0.39 is 0 Å². The van der Waals surface area contributed by atoms with Crippen LogP contribution in [-0.4, -0.2) is 45.3 Å². The first kappa shape index (κ1) is 17.6. The van der Waals surface area contributed by atoms with E-state index in [0.717, 1.165) is 44.2 Å². The average Bonchev–Trinajstić information content (AvgIpc) is 2.66. The summed E-state index contributed by atoms with van der Waals surface area (Å²) in [6.45, 7) is 9.61. The Morgan fingerprint density at radius 1 is 0.800 bits per heavy atom. The Labute approximate surface area is 151 Å². The summed E-state index contributed by atoms with van der Waals surface area (Å²) in [6.07, 6.45) is 0. The summed E-state index contributed by atoms with van der Waals surface area (Å²) in [5.41, 5.74) is 5.27. The predicted octanol–water partition coefficient (Wildman–Crippen LogP) is 3.64. The first-order valence-corrected chi connectivity index (χ1v) is 8.87. The highest BCUT2D eigenvalue weighted by Crippen LogP contribution is 2.26. The highest BCUT2D eigenvalue weighted by Gasteiger charge is 2.18. The van der Waals surface area contributed by atoms with Crippen LogP contribution < -0.4 is 14.4 Å². The summed E-state index contributed by atoms with van der Waals surface area (Å²) in [6, 6.07) is 12.6. The first-order chi connectivity index (χ1) is 12.1. The molecule has 1 fully saturated rings. The Balaban J connectivity index is 1.60. The Hall–Kier alpha value is -2.20. The van der Waals surface area contributed by atoms with E-state index in [1.807, 2.05) is 12.1 Å². The van der Waals surface area contributed by atoms with Gasteiger partial charge in [0.1, 0.15) is 11.5 Å². The second-order valence-electron chi connectivity index (χ2n) is 6.64. The van der Waals surface area contributed by atoms with Gasteiger partial charge in [0.05, 0.1) is 14.2 Å². The number of piperazine rings is 1. The number of rotatable bonds is 5. The molecule has 0 bridgehead atoms. The fourth-order valence-electron chi connectivity index (χ4n) is 3.44. The van der Waals surface area contributed by atoms with Crippen molar-refractivity contribution in [1.29, 1.82) is 0 Å². The smallest absolute Gasteiger partial charge is 0.122 e. The molecule has 0 aliphatic carbocycles. The third-order valence-corrected chi connectivity index (χ3v) is 5.27. The molecule has 0 atom stereocenters. The lowest BCUT2D eigenvalue weighted by atomic mass is 10.0. The van der Waals surface area contributed by atoms with Gasteiger partial charge in [-0.15, -0.1) is 0 Å². The average molecular weight is 340 g/mol. The van der Waals surface area contributed by atoms with Crippen LogP contribution in [0.5, 0.6) is 11.5 Å². The van der Waals surface area contributed by atoms with Crippen molar-refractivity contribution in [3.63, 3.8) is 0 Å². The van der Waals surface area contributed by atoms with E-state index in [1.165, 1.54) is 22.4 Å². The molecule has 0 amide bonds. The third kappa shape index (κ3) is 3.90. The molecule has 1 saturated heterocycles. The van der Waals surface area contributed by atoms with Crippen molar-refractivity contribution < 1.29 is 9.47 Å². The van der Waals surface area contributed by atoms with Crippen molar-refractivity contribution in [2.45, 2.75) is 20.4 Å². The molecular weight excluding hydrogens is 312 g/mol. The zero-order valence-corrected chi connectivity index (χ0v) is 15.7. The molecule has 0 radical (unpaired) electrons. The van der Waals surface area contributed by atoms with Crippen LogP contribution in [0.1, 0.15) is 16.7 Å². The zero-order chi connectivity index (χ0) is 17.8. The number of hydrogen-bond donors (Lipinski definition) is 0. The number of benzene rings is 2. The third-order valence-electron chi connectivity index (χ3n) is 5.27. The van der Waals surface area contributed by atoms with E-state index in [2.05, 4.69) is 47.9 Å². The molecule has 4 heteroatoms. The molecule has 0 spiro atoms. The number of ether oxygens (including phenoxy) is 2. The SMILES string of the molecule is COc1ccc(N2CCN(Cc3ccc(OC)c(C)c3C)CC2)cc1. The molecule has 0 N–H and O–H groups in total. The van der Waals surface area contributed by atoms with Gasteiger partial charge in [0.25, 0.3) is 0 Å². The molecule has 25 heavy (non-hydrogen) atoms. The molecule has 1 aliphatic heterocycles. The van der Waals surface area contributed by atoms with Crippen LogP contribution >= 0.6 is 0 Å². The van der Waals surface area contributed by atoms with Crippen molar-refractivity contribution >= 4 is 5.69 Å². The topological polar surface area (TPSA) is 24.9 Å². The quantitative estimate of drug-likeness (QED) is 0.830. The summed E-state index contributed by atoms with van der Waals surface area (Å²) in [5, 5.41) is 0. The monoisotopic (exact) mass is 340 g/mol. The van der Waals surface area contributed by atoms with Crippen LogP contribution in [0.2, 0.25) is 0 Å². The van der Waals surface area contributed by atoms with Crippen LogP contribution in [0, 0.1) is 13.8 Å². The molecule has 2 aromatic carbocycles. The maximum absolute atomic E-state index is 5.42. The van der Waals surface area contributed by atoms with Gasteiger partial charge in [-0.1, -0.05) is 6.07 Å². The number of anilines is 1. The Bertz CT molecular complexity index is 705. The number of hydrogen-bond acceptors (Lipinski definition) is 4. The Morgan fingerprint density at radius 3 is 2.08 bits per heavy atom. The lowest BCUT2D eigenvalue weighted by molar-refractivity contribution is 0.249. The molecule has 1 heterocycles. The molecular formula is C21H28N2O2. The van der Waals surface area contributed by atoms with Gasteiger partial charge in [0.15, 0.2) is 0 Å². The predicted molar refractivity (Wildman–Crippen MR) is 103 cm³/mol. The summed E-state index contributed by atoms with van der Waals surface area (Å²) in [4.78, 5) is 4.98. The van der Waals surface area contributed by atoms with Crippen molar-refractivity contribution in [3.05, 3.63) is 53.1 Å². The van der Waals surface area contributed by atoms with E-state index in [4.69, 9.17) is 9.47 Å². The Kier molecular flexibility index (Phi) is 5.49. The van der Waals surface area contributed by atoms with Crippen LogP contribution in [0.3, 0.4) is 0 Å². The van der Waals surface area contributed by atoms with E-state index in [1.54, 1.807) is 14.2 Å². The van der Waals surface area contributed by atoms with Crippen LogP contribution in [0.4, 0.5) is 5.69 Å². The highest BCUT2D eigenvalue weighted by molar-refractivity contribution is 5.49. The van der Waals surface area contributed by atoms with Crippen molar-refractivity contribution in [3.8, 4) is 11.5 Å². The van der Waals surface area contributed by atoms with Gasteiger partial charge in [-0.05, 0) is 60.9 Å². The summed E-state index contributed by atoms with van der Waals surface area (Å²) in [7, 11) is 3.44. The van der Waals surface area contributed by atoms with Crippen molar-refractivity contribution in [2.75, 3.05) is 45.3 Å². The maximum atomic E-state index is 5.42. The van der Waals surface area contributed by atoms with Gasteiger partial charge in [0.2, 0.25) is 0 Å². The summed E-state index contributed by atoms with van der Waals surface area (Å²) < 4.78 is 10.7. The van der Waals surface area contributed by atoms with Gasteiger partial charge < -0.3 is 14.4 Å². The molecule has 0 unspecified atom stereocenters. The fourth-order valence-corrected chi connectivity index (χ4v) is 3.44. The second-order valence-corrected chi connectivity index (χ2v) is 6.64. The van der Waals surface area contributed by atoms with Gasteiger partial charge in [-0.3, -0.25) is 4.90 Å². The van der Waals surface area contributed by atoms with Gasteiger partial charge in [0, 0.05) is 38.4 Å². The van der Waals surface area contributed by atoms with Gasteiger partial charge in [-0.2, -0.15) is 0 Å². The van der Waals surface area contributed by atoms with E-state index >= 15 is 0 Å².